The molecule has 0 aliphatic rings. The summed E-state index contributed by atoms with van der Waals surface area (Å²) in [7, 11) is 0. The van der Waals surface area contributed by atoms with Crippen molar-refractivity contribution in [2.24, 2.45) is 11.7 Å². The molecule has 0 radical (unpaired) electrons. The van der Waals surface area contributed by atoms with Crippen LogP contribution in [0.15, 0.2) is 24.3 Å². The maximum atomic E-state index is 11.7. The molecule has 0 aliphatic heterocycles. The second-order valence-electron chi connectivity index (χ2n) is 5.56. The Labute approximate surface area is 117 Å². The van der Waals surface area contributed by atoms with Gasteiger partial charge in [-0.3, -0.25) is 4.79 Å². The van der Waals surface area contributed by atoms with Crippen molar-refractivity contribution in [2.45, 2.75) is 58.8 Å². The highest BCUT2D eigenvalue weighted by molar-refractivity contribution is 5.77. The summed E-state index contributed by atoms with van der Waals surface area (Å²) >= 11 is 0. The normalized spacial score (nSPS) is 14.1. The highest BCUT2D eigenvalue weighted by Gasteiger charge is 2.23. The molecule has 19 heavy (non-hydrogen) atoms. The van der Waals surface area contributed by atoms with Crippen LogP contribution in [0, 0.1) is 12.8 Å². The molecule has 106 valence electrons. The number of benzene rings is 1. The summed E-state index contributed by atoms with van der Waals surface area (Å²) in [5, 5.41) is 0. The van der Waals surface area contributed by atoms with Crippen LogP contribution in [-0.4, -0.2) is 5.91 Å². The lowest BCUT2D eigenvalue weighted by atomic mass is 9.83. The van der Waals surface area contributed by atoms with E-state index in [1.807, 2.05) is 0 Å². The van der Waals surface area contributed by atoms with Crippen LogP contribution < -0.4 is 5.73 Å². The van der Waals surface area contributed by atoms with Gasteiger partial charge in [0.25, 0.3) is 0 Å². The molecule has 0 aliphatic carbocycles. The van der Waals surface area contributed by atoms with Gasteiger partial charge in [-0.15, -0.1) is 0 Å². The van der Waals surface area contributed by atoms with E-state index in [-0.39, 0.29) is 17.7 Å². The van der Waals surface area contributed by atoms with E-state index in [1.165, 1.54) is 30.4 Å². The molecule has 2 N–H and O–H groups in total. The molecule has 0 saturated heterocycles. The predicted octanol–water partition coefficient (Wildman–Crippen LogP) is 4.17. The zero-order valence-corrected chi connectivity index (χ0v) is 12.5. The number of hydrogen-bond donors (Lipinski definition) is 1. The molecule has 0 heterocycles. The number of unbranched alkanes of at least 4 members (excludes halogenated alkanes) is 3. The number of nitrogens with two attached hydrogens (primary N) is 1. The summed E-state index contributed by atoms with van der Waals surface area (Å²) in [4.78, 5) is 11.7. The summed E-state index contributed by atoms with van der Waals surface area (Å²) in [5.74, 6) is 0.00358. The third-order valence-corrected chi connectivity index (χ3v) is 3.94. The fourth-order valence-corrected chi connectivity index (χ4v) is 2.53. The van der Waals surface area contributed by atoms with Crippen molar-refractivity contribution in [3.05, 3.63) is 35.4 Å². The number of aryl methyl sites for hydroxylation is 1. The van der Waals surface area contributed by atoms with Crippen molar-refractivity contribution in [3.63, 3.8) is 0 Å². The Balaban J connectivity index is 2.64. The van der Waals surface area contributed by atoms with Gasteiger partial charge in [-0.1, -0.05) is 69.4 Å². The van der Waals surface area contributed by atoms with Crippen molar-refractivity contribution in [1.82, 2.24) is 0 Å². The molecule has 1 amide bonds. The lowest BCUT2D eigenvalue weighted by molar-refractivity contribution is -0.122. The first-order valence-corrected chi connectivity index (χ1v) is 7.42. The van der Waals surface area contributed by atoms with E-state index in [4.69, 9.17) is 5.73 Å². The number of hydrogen-bond acceptors (Lipinski definition) is 1. The minimum absolute atomic E-state index is 0.0421. The molecule has 2 unspecified atom stereocenters. The largest absolute Gasteiger partial charge is 0.369 e. The van der Waals surface area contributed by atoms with E-state index in [0.717, 1.165) is 12.8 Å². The number of amides is 1. The second kappa shape index (κ2) is 7.98. The molecular formula is C17H27NO. The fraction of sp³-hybridized carbons (Fsp3) is 0.588. The van der Waals surface area contributed by atoms with Gasteiger partial charge in [0.2, 0.25) is 5.91 Å². The van der Waals surface area contributed by atoms with Crippen molar-refractivity contribution < 1.29 is 4.79 Å². The predicted molar refractivity (Wildman–Crippen MR) is 81.0 cm³/mol. The topological polar surface area (TPSA) is 43.1 Å². The van der Waals surface area contributed by atoms with Crippen molar-refractivity contribution in [3.8, 4) is 0 Å². The average molecular weight is 261 g/mol. The summed E-state index contributed by atoms with van der Waals surface area (Å²) in [6, 6.07) is 8.42. The zero-order chi connectivity index (χ0) is 14.3. The Morgan fingerprint density at radius 3 is 2.32 bits per heavy atom. The van der Waals surface area contributed by atoms with Gasteiger partial charge in [-0.2, -0.15) is 0 Å². The van der Waals surface area contributed by atoms with Crippen LogP contribution >= 0.6 is 0 Å². The Kier molecular flexibility index (Phi) is 6.61. The molecule has 1 aromatic rings. The lowest BCUT2D eigenvalue weighted by Crippen LogP contribution is -2.27. The maximum Gasteiger partial charge on any atom is 0.221 e. The van der Waals surface area contributed by atoms with Crippen molar-refractivity contribution in [1.29, 1.82) is 0 Å². The first-order valence-electron chi connectivity index (χ1n) is 7.42. The third-order valence-electron chi connectivity index (χ3n) is 3.94. The summed E-state index contributed by atoms with van der Waals surface area (Å²) < 4.78 is 0. The van der Waals surface area contributed by atoms with E-state index in [9.17, 15) is 4.79 Å². The van der Waals surface area contributed by atoms with Crippen LogP contribution in [0.5, 0.6) is 0 Å². The molecular weight excluding hydrogens is 234 g/mol. The average Bonchev–Trinajstić information content (AvgIpc) is 2.38. The van der Waals surface area contributed by atoms with Gasteiger partial charge in [-0.05, 0) is 24.8 Å². The van der Waals surface area contributed by atoms with E-state index in [0.29, 0.717) is 0 Å². The van der Waals surface area contributed by atoms with Gasteiger partial charge in [0.1, 0.15) is 0 Å². The van der Waals surface area contributed by atoms with Crippen LogP contribution in [0.25, 0.3) is 0 Å². The van der Waals surface area contributed by atoms with E-state index >= 15 is 0 Å². The van der Waals surface area contributed by atoms with Gasteiger partial charge in [0.05, 0.1) is 0 Å². The third kappa shape index (κ3) is 5.06. The van der Waals surface area contributed by atoms with Gasteiger partial charge in [0.15, 0.2) is 0 Å². The Bertz CT molecular complexity index is 383. The minimum atomic E-state index is -0.162. The minimum Gasteiger partial charge on any atom is -0.369 e. The number of carbonyl (C=O) groups excluding carboxylic acids is 1. The van der Waals surface area contributed by atoms with Gasteiger partial charge >= 0.3 is 0 Å². The van der Waals surface area contributed by atoms with Crippen LogP contribution in [0.1, 0.15) is 63.0 Å². The summed E-state index contributed by atoms with van der Waals surface area (Å²) in [5.41, 5.74) is 8.04. The Morgan fingerprint density at radius 2 is 1.79 bits per heavy atom. The van der Waals surface area contributed by atoms with Gasteiger partial charge in [0, 0.05) is 5.92 Å². The first-order chi connectivity index (χ1) is 9.06. The molecule has 0 bridgehead atoms. The lowest BCUT2D eigenvalue weighted by Gasteiger charge is -2.21. The molecule has 0 saturated carbocycles. The van der Waals surface area contributed by atoms with Crippen molar-refractivity contribution >= 4 is 5.91 Å². The molecule has 1 aromatic carbocycles. The molecule has 1 rings (SSSR count). The summed E-state index contributed by atoms with van der Waals surface area (Å²) in [6.45, 7) is 6.38. The van der Waals surface area contributed by atoms with Crippen LogP contribution in [-0.2, 0) is 4.79 Å². The van der Waals surface area contributed by atoms with E-state index in [2.05, 4.69) is 45.0 Å². The number of primary amides is 1. The maximum absolute atomic E-state index is 11.7. The molecule has 0 fully saturated rings. The molecule has 2 atom stereocenters. The second-order valence-corrected chi connectivity index (χ2v) is 5.56. The zero-order valence-electron chi connectivity index (χ0n) is 12.5. The van der Waals surface area contributed by atoms with E-state index < -0.39 is 0 Å². The quantitative estimate of drug-likeness (QED) is 0.701. The molecule has 0 spiro atoms. The summed E-state index contributed by atoms with van der Waals surface area (Å²) in [6.07, 6.45) is 5.65. The molecule has 2 nitrogen and oxygen atoms in total. The highest BCUT2D eigenvalue weighted by atomic mass is 16.1. The monoisotopic (exact) mass is 261 g/mol. The Morgan fingerprint density at radius 1 is 1.16 bits per heavy atom. The first kappa shape index (κ1) is 15.7. The Hall–Kier alpha value is -1.31. The SMILES string of the molecule is CCCCCCC(C(N)=O)C(C)c1ccc(C)cc1. The van der Waals surface area contributed by atoms with Crippen molar-refractivity contribution in [2.75, 3.05) is 0 Å². The molecule has 0 aromatic heterocycles. The van der Waals surface area contributed by atoms with Crippen LogP contribution in [0.4, 0.5) is 0 Å². The number of rotatable bonds is 8. The van der Waals surface area contributed by atoms with Crippen LogP contribution in [0.3, 0.4) is 0 Å². The van der Waals surface area contributed by atoms with Gasteiger partial charge in [-0.25, -0.2) is 0 Å². The van der Waals surface area contributed by atoms with E-state index in [1.54, 1.807) is 0 Å². The van der Waals surface area contributed by atoms with Gasteiger partial charge < -0.3 is 5.73 Å². The fourth-order valence-electron chi connectivity index (χ4n) is 2.53. The smallest absolute Gasteiger partial charge is 0.221 e. The highest BCUT2D eigenvalue weighted by Crippen LogP contribution is 2.28. The molecule has 2 heteroatoms. The van der Waals surface area contributed by atoms with Crippen LogP contribution in [0.2, 0.25) is 0 Å². The standard InChI is InChI=1S/C17H27NO/c1-4-5-6-7-8-16(17(18)19)14(3)15-11-9-13(2)10-12-15/h9-12,14,16H,4-8H2,1-3H3,(H2,18,19). The number of carbonyl (C=O) groups is 1.